The van der Waals surface area contributed by atoms with Crippen LogP contribution in [0.15, 0.2) is 48.8 Å². The summed E-state index contributed by atoms with van der Waals surface area (Å²) in [6.45, 7) is 3.82. The molecule has 0 radical (unpaired) electrons. The molecule has 1 aromatic heterocycles. The third kappa shape index (κ3) is 3.27. The Bertz CT molecular complexity index is 975. The fourth-order valence-electron chi connectivity index (χ4n) is 4.10. The number of morpholine rings is 1. The third-order valence-corrected chi connectivity index (χ3v) is 5.57. The molecule has 2 N–H and O–H groups in total. The van der Waals surface area contributed by atoms with Gasteiger partial charge in [0.25, 0.3) is 0 Å². The number of aromatic nitrogens is 3. The summed E-state index contributed by atoms with van der Waals surface area (Å²) < 4.78 is 6.13. The zero-order valence-corrected chi connectivity index (χ0v) is 15.7. The second kappa shape index (κ2) is 7.33. The van der Waals surface area contributed by atoms with E-state index in [-0.39, 0.29) is 12.1 Å². The second-order valence-corrected chi connectivity index (χ2v) is 7.45. The molecule has 5 rings (SSSR count). The van der Waals surface area contributed by atoms with Crippen LogP contribution in [0.3, 0.4) is 0 Å². The van der Waals surface area contributed by atoms with E-state index in [0.717, 1.165) is 32.6 Å². The van der Waals surface area contributed by atoms with Gasteiger partial charge in [-0.05, 0) is 22.8 Å². The van der Waals surface area contributed by atoms with Gasteiger partial charge in [0.15, 0.2) is 0 Å². The Kier molecular flexibility index (Phi) is 4.54. The molecule has 28 heavy (non-hydrogen) atoms. The maximum atomic E-state index is 6.13. The van der Waals surface area contributed by atoms with Crippen molar-refractivity contribution in [1.29, 1.82) is 0 Å². The fourth-order valence-corrected chi connectivity index (χ4v) is 4.10. The van der Waals surface area contributed by atoms with Crippen LogP contribution in [0.1, 0.15) is 18.1 Å². The fraction of sp³-hybridized carbons (Fsp3) is 0.381. The van der Waals surface area contributed by atoms with Crippen molar-refractivity contribution in [1.82, 2.24) is 15.0 Å². The lowest BCUT2D eigenvalue weighted by molar-refractivity contribution is 0.0401. The van der Waals surface area contributed by atoms with Crippen molar-refractivity contribution in [3.05, 3.63) is 54.4 Å². The van der Waals surface area contributed by atoms with E-state index in [1.165, 1.54) is 16.3 Å². The van der Waals surface area contributed by atoms with Crippen molar-refractivity contribution < 1.29 is 4.74 Å². The first kappa shape index (κ1) is 17.3. The number of hydrogen-bond acceptors (Lipinski definition) is 7. The van der Waals surface area contributed by atoms with Gasteiger partial charge in [-0.25, -0.2) is 9.97 Å². The summed E-state index contributed by atoms with van der Waals surface area (Å²) in [4.78, 5) is 17.8. The second-order valence-electron chi connectivity index (χ2n) is 7.45. The Morgan fingerprint density at radius 3 is 2.54 bits per heavy atom. The van der Waals surface area contributed by atoms with Gasteiger partial charge < -0.3 is 20.3 Å². The van der Waals surface area contributed by atoms with Crippen LogP contribution in [0.2, 0.25) is 0 Å². The van der Waals surface area contributed by atoms with Gasteiger partial charge in [-0.2, -0.15) is 4.98 Å². The smallest absolute Gasteiger partial charge is 0.230 e. The summed E-state index contributed by atoms with van der Waals surface area (Å²) in [7, 11) is 0. The topological polar surface area (TPSA) is 80.4 Å². The average molecular weight is 376 g/mol. The monoisotopic (exact) mass is 376 g/mol. The molecule has 0 aliphatic carbocycles. The van der Waals surface area contributed by atoms with Crippen molar-refractivity contribution in [2.45, 2.75) is 18.6 Å². The molecule has 3 heterocycles. The van der Waals surface area contributed by atoms with Crippen molar-refractivity contribution in [2.75, 3.05) is 42.6 Å². The minimum atomic E-state index is -0.0136. The molecule has 2 saturated heterocycles. The van der Waals surface area contributed by atoms with E-state index in [0.29, 0.717) is 18.5 Å². The Labute approximate surface area is 164 Å². The quantitative estimate of drug-likeness (QED) is 0.750. The first-order chi connectivity index (χ1) is 13.8. The van der Waals surface area contributed by atoms with Crippen LogP contribution in [0.4, 0.5) is 11.9 Å². The van der Waals surface area contributed by atoms with E-state index in [1.54, 1.807) is 6.33 Å². The van der Waals surface area contributed by atoms with Crippen LogP contribution < -0.4 is 15.5 Å². The zero-order valence-electron chi connectivity index (χ0n) is 15.7. The highest BCUT2D eigenvalue weighted by Crippen LogP contribution is 2.30. The van der Waals surface area contributed by atoms with E-state index < -0.39 is 0 Å². The molecule has 0 amide bonds. The molecular formula is C21H24N6O. The summed E-state index contributed by atoms with van der Waals surface area (Å²) in [6.07, 6.45) is 2.56. The first-order valence-corrected chi connectivity index (χ1v) is 9.82. The lowest BCUT2D eigenvalue weighted by atomic mass is 9.99. The van der Waals surface area contributed by atoms with Crippen LogP contribution in [0.5, 0.6) is 0 Å². The maximum Gasteiger partial charge on any atom is 0.230 e. The van der Waals surface area contributed by atoms with Gasteiger partial charge in [-0.15, -0.1) is 0 Å². The Balaban J connectivity index is 1.40. The highest BCUT2D eigenvalue weighted by atomic mass is 16.5. The van der Waals surface area contributed by atoms with Crippen LogP contribution in [-0.4, -0.2) is 53.8 Å². The summed E-state index contributed by atoms with van der Waals surface area (Å²) in [5, 5.41) is 2.47. The molecule has 2 fully saturated rings. The van der Waals surface area contributed by atoms with Crippen LogP contribution in [0, 0.1) is 0 Å². The molecule has 2 aliphatic rings. The molecule has 7 heteroatoms. The van der Waals surface area contributed by atoms with Crippen molar-refractivity contribution in [3.63, 3.8) is 0 Å². The molecule has 2 atom stereocenters. The molecule has 2 aliphatic heterocycles. The van der Waals surface area contributed by atoms with Gasteiger partial charge in [0, 0.05) is 25.7 Å². The normalized spacial score (nSPS) is 22.8. The highest BCUT2D eigenvalue weighted by Gasteiger charge is 2.27. The molecule has 0 saturated carbocycles. The minimum absolute atomic E-state index is 0.0136. The van der Waals surface area contributed by atoms with Gasteiger partial charge in [0.2, 0.25) is 11.9 Å². The van der Waals surface area contributed by atoms with Gasteiger partial charge in [-0.3, -0.25) is 0 Å². The SMILES string of the molecule is NC1CCN(c2ncnc(N3CCOC(c4cccc5ccccc45)C3)n2)C1. The number of ether oxygens (including phenoxy) is 1. The largest absolute Gasteiger partial charge is 0.370 e. The van der Waals surface area contributed by atoms with E-state index >= 15 is 0 Å². The van der Waals surface area contributed by atoms with Gasteiger partial charge in [0.1, 0.15) is 12.4 Å². The van der Waals surface area contributed by atoms with Gasteiger partial charge >= 0.3 is 0 Å². The molecule has 0 bridgehead atoms. The number of nitrogens with zero attached hydrogens (tertiary/aromatic N) is 5. The van der Waals surface area contributed by atoms with E-state index in [1.807, 2.05) is 0 Å². The van der Waals surface area contributed by atoms with Gasteiger partial charge in [-0.1, -0.05) is 42.5 Å². The van der Waals surface area contributed by atoms with Gasteiger partial charge in [0.05, 0.1) is 13.2 Å². The van der Waals surface area contributed by atoms with Crippen LogP contribution in [-0.2, 0) is 4.74 Å². The summed E-state index contributed by atoms with van der Waals surface area (Å²) >= 11 is 0. The standard InChI is InChI=1S/C21H24N6O/c22-16-8-9-26(12-16)20-23-14-24-21(25-20)27-10-11-28-19(13-27)18-7-3-5-15-4-1-2-6-17(15)18/h1-7,14,16,19H,8-13,22H2. The molecular weight excluding hydrogens is 352 g/mol. The Hall–Kier alpha value is -2.77. The summed E-state index contributed by atoms with van der Waals surface area (Å²) in [5.74, 6) is 1.42. The Morgan fingerprint density at radius 2 is 1.71 bits per heavy atom. The number of rotatable bonds is 3. The lowest BCUT2D eigenvalue weighted by Gasteiger charge is -2.33. The minimum Gasteiger partial charge on any atom is -0.370 e. The highest BCUT2D eigenvalue weighted by molar-refractivity contribution is 5.86. The predicted octanol–water partition coefficient (Wildman–Crippen LogP) is 2.14. The Morgan fingerprint density at radius 1 is 0.929 bits per heavy atom. The number of benzene rings is 2. The molecule has 3 aromatic rings. The van der Waals surface area contributed by atoms with Crippen LogP contribution >= 0.6 is 0 Å². The number of nitrogens with two attached hydrogens (primary N) is 1. The average Bonchev–Trinajstić information content (AvgIpc) is 3.20. The third-order valence-electron chi connectivity index (χ3n) is 5.57. The van der Waals surface area contributed by atoms with Crippen molar-refractivity contribution in [3.8, 4) is 0 Å². The number of anilines is 2. The predicted molar refractivity (Wildman–Crippen MR) is 109 cm³/mol. The summed E-state index contributed by atoms with van der Waals surface area (Å²) in [6, 6.07) is 15.0. The van der Waals surface area contributed by atoms with Crippen molar-refractivity contribution >= 4 is 22.7 Å². The molecule has 0 spiro atoms. The first-order valence-electron chi connectivity index (χ1n) is 9.82. The van der Waals surface area contributed by atoms with E-state index in [4.69, 9.17) is 15.5 Å². The zero-order chi connectivity index (χ0) is 18.9. The molecule has 144 valence electrons. The maximum absolute atomic E-state index is 6.13. The molecule has 2 unspecified atom stereocenters. The number of hydrogen-bond donors (Lipinski definition) is 1. The number of fused-ring (bicyclic) bond motifs is 1. The van der Waals surface area contributed by atoms with Crippen molar-refractivity contribution in [2.24, 2.45) is 5.73 Å². The van der Waals surface area contributed by atoms with E-state index in [9.17, 15) is 0 Å². The lowest BCUT2D eigenvalue weighted by Crippen LogP contribution is -2.39. The molecule has 7 nitrogen and oxygen atoms in total. The van der Waals surface area contributed by atoms with Crippen LogP contribution in [0.25, 0.3) is 10.8 Å². The summed E-state index contributed by atoms with van der Waals surface area (Å²) in [5.41, 5.74) is 7.24. The molecule has 2 aromatic carbocycles. The van der Waals surface area contributed by atoms with E-state index in [2.05, 4.69) is 62.2 Å².